The normalized spacial score (nSPS) is 47.2. The number of nitrogens with two attached hydrogens (primary N) is 1. The maximum absolute atomic E-state index is 6.54. The Morgan fingerprint density at radius 3 is 3.09 bits per heavy atom. The van der Waals surface area contributed by atoms with E-state index < -0.39 is 0 Å². The molecule has 2 saturated carbocycles. The third-order valence-electron chi connectivity index (χ3n) is 7.28. The summed E-state index contributed by atoms with van der Waals surface area (Å²) in [7, 11) is 0. The Bertz CT molecular complexity index is 552. The fourth-order valence-electron chi connectivity index (χ4n) is 6.33. The summed E-state index contributed by atoms with van der Waals surface area (Å²) in [6, 6.07) is 0.143. The molecule has 0 aliphatic heterocycles. The molecule has 2 fully saturated rings. The Morgan fingerprint density at radius 2 is 2.27 bits per heavy atom. The van der Waals surface area contributed by atoms with Gasteiger partial charge in [0.2, 0.25) is 0 Å². The van der Waals surface area contributed by atoms with E-state index in [0.717, 1.165) is 11.8 Å². The van der Waals surface area contributed by atoms with Crippen molar-refractivity contribution in [3.05, 3.63) is 48.6 Å². The van der Waals surface area contributed by atoms with Crippen LogP contribution in [-0.4, -0.2) is 6.04 Å². The van der Waals surface area contributed by atoms with Crippen LogP contribution in [-0.2, 0) is 0 Å². The zero-order valence-corrected chi connectivity index (χ0v) is 13.7. The topological polar surface area (TPSA) is 26.0 Å². The molecule has 0 radical (unpaired) electrons. The monoisotopic (exact) mass is 295 g/mol. The van der Waals surface area contributed by atoms with Gasteiger partial charge in [-0.2, -0.15) is 0 Å². The number of allylic oxidation sites excluding steroid dienone is 6. The van der Waals surface area contributed by atoms with Gasteiger partial charge in [0.15, 0.2) is 0 Å². The third kappa shape index (κ3) is 2.01. The second kappa shape index (κ2) is 5.23. The largest absolute Gasteiger partial charge is 0.324 e. The Morgan fingerprint density at radius 1 is 1.41 bits per heavy atom. The fraction of sp³-hybridized carbons (Fsp3) is 0.619. The Balaban J connectivity index is 1.76. The highest BCUT2D eigenvalue weighted by Gasteiger charge is 2.55. The predicted octanol–water partition coefficient (Wildman–Crippen LogP) is 4.63. The summed E-state index contributed by atoms with van der Waals surface area (Å²) in [5, 5.41) is 0. The van der Waals surface area contributed by atoms with E-state index in [1.807, 2.05) is 6.08 Å². The van der Waals surface area contributed by atoms with Crippen LogP contribution in [0.2, 0.25) is 0 Å². The zero-order valence-electron chi connectivity index (χ0n) is 13.7. The van der Waals surface area contributed by atoms with E-state index in [1.165, 1.54) is 37.7 Å². The molecule has 1 heteroatoms. The molecule has 0 spiro atoms. The summed E-state index contributed by atoms with van der Waals surface area (Å²) in [6.45, 7) is 6.56. The minimum Gasteiger partial charge on any atom is -0.324 e. The Labute approximate surface area is 135 Å². The van der Waals surface area contributed by atoms with Crippen LogP contribution in [0.15, 0.2) is 48.6 Å². The van der Waals surface area contributed by atoms with Gasteiger partial charge in [0.1, 0.15) is 0 Å². The molecule has 0 saturated heterocycles. The maximum atomic E-state index is 6.54. The van der Waals surface area contributed by atoms with Gasteiger partial charge < -0.3 is 5.73 Å². The first-order valence-corrected chi connectivity index (χ1v) is 9.07. The number of hydrogen-bond acceptors (Lipinski definition) is 1. The van der Waals surface area contributed by atoms with Gasteiger partial charge in [-0.25, -0.2) is 0 Å². The molecule has 0 heterocycles. The van der Waals surface area contributed by atoms with Gasteiger partial charge in [-0.05, 0) is 60.3 Å². The van der Waals surface area contributed by atoms with Gasteiger partial charge in [0.05, 0.1) is 0 Å². The molecule has 0 aromatic carbocycles. The van der Waals surface area contributed by atoms with Crippen LogP contribution in [0.1, 0.15) is 39.0 Å². The number of fused-ring (bicyclic) bond motifs is 5. The first-order chi connectivity index (χ1) is 10.6. The van der Waals surface area contributed by atoms with Gasteiger partial charge in [0.25, 0.3) is 0 Å². The predicted molar refractivity (Wildman–Crippen MR) is 93.2 cm³/mol. The second-order valence-electron chi connectivity index (χ2n) is 8.28. The Hall–Kier alpha value is -1.08. The molecule has 0 aromatic rings. The number of rotatable bonds is 2. The average Bonchev–Trinajstić information content (AvgIpc) is 2.94. The minimum absolute atomic E-state index is 0.143. The van der Waals surface area contributed by atoms with E-state index in [-0.39, 0.29) is 6.04 Å². The van der Waals surface area contributed by atoms with Crippen LogP contribution in [0, 0.1) is 35.0 Å². The first-order valence-electron chi connectivity index (χ1n) is 9.07. The summed E-state index contributed by atoms with van der Waals surface area (Å²) in [5.41, 5.74) is 8.59. The number of hydrogen-bond donors (Lipinski definition) is 1. The molecule has 118 valence electrons. The minimum atomic E-state index is 0.143. The molecule has 4 aliphatic carbocycles. The van der Waals surface area contributed by atoms with E-state index in [4.69, 9.17) is 5.73 Å². The second-order valence-corrected chi connectivity index (χ2v) is 8.28. The lowest BCUT2D eigenvalue weighted by Gasteiger charge is -2.55. The van der Waals surface area contributed by atoms with Gasteiger partial charge >= 0.3 is 0 Å². The van der Waals surface area contributed by atoms with Gasteiger partial charge in [-0.15, -0.1) is 6.58 Å². The molecular weight excluding hydrogens is 266 g/mol. The molecule has 22 heavy (non-hydrogen) atoms. The lowest BCUT2D eigenvalue weighted by molar-refractivity contribution is -0.0267. The average molecular weight is 295 g/mol. The van der Waals surface area contributed by atoms with Crippen LogP contribution in [0.4, 0.5) is 0 Å². The van der Waals surface area contributed by atoms with Crippen LogP contribution >= 0.6 is 0 Å². The van der Waals surface area contributed by atoms with Crippen LogP contribution in [0.25, 0.3) is 0 Å². The lowest BCUT2D eigenvalue weighted by Crippen LogP contribution is -2.52. The molecule has 0 bridgehead atoms. The van der Waals surface area contributed by atoms with Crippen molar-refractivity contribution in [1.82, 2.24) is 0 Å². The highest BCUT2D eigenvalue weighted by molar-refractivity contribution is 5.37. The standard InChI is InChI=1S/C21H29N/c1-3-19(22)17-13-21(2)12-6-9-18(21)16-11-10-14-7-4-5-8-15(14)20(16)17/h3-5,7-8,10,15-20H,1,6,9,11-13,22H2,2H3/t15-,16-,17?,18-,19?,20+,21-/m0/s1. The highest BCUT2D eigenvalue weighted by Crippen LogP contribution is 2.62. The highest BCUT2D eigenvalue weighted by atomic mass is 14.7. The molecule has 2 unspecified atom stereocenters. The molecule has 1 nitrogen and oxygen atoms in total. The maximum Gasteiger partial charge on any atom is 0.0253 e. The zero-order chi connectivity index (χ0) is 15.3. The third-order valence-corrected chi connectivity index (χ3v) is 7.28. The van der Waals surface area contributed by atoms with E-state index in [2.05, 4.69) is 43.9 Å². The summed E-state index contributed by atoms with van der Waals surface area (Å²) in [6.07, 6.45) is 20.5. The molecule has 2 N–H and O–H groups in total. The molecule has 0 amide bonds. The Kier molecular flexibility index (Phi) is 3.45. The molecule has 4 aliphatic rings. The van der Waals surface area contributed by atoms with E-state index in [9.17, 15) is 0 Å². The smallest absolute Gasteiger partial charge is 0.0253 e. The van der Waals surface area contributed by atoms with Crippen molar-refractivity contribution >= 4 is 0 Å². The molecule has 4 rings (SSSR count). The van der Waals surface area contributed by atoms with E-state index in [0.29, 0.717) is 23.2 Å². The van der Waals surface area contributed by atoms with Crippen molar-refractivity contribution in [3.8, 4) is 0 Å². The van der Waals surface area contributed by atoms with Crippen molar-refractivity contribution < 1.29 is 0 Å². The van der Waals surface area contributed by atoms with E-state index in [1.54, 1.807) is 0 Å². The van der Waals surface area contributed by atoms with Crippen LogP contribution in [0.5, 0.6) is 0 Å². The molecular formula is C21H29N. The molecule has 7 atom stereocenters. The quantitative estimate of drug-likeness (QED) is 0.738. The van der Waals surface area contributed by atoms with Crippen molar-refractivity contribution in [1.29, 1.82) is 0 Å². The summed E-state index contributed by atoms with van der Waals surface area (Å²) in [5.74, 6) is 3.62. The fourth-order valence-corrected chi connectivity index (χ4v) is 6.33. The van der Waals surface area contributed by atoms with Crippen LogP contribution < -0.4 is 5.73 Å². The summed E-state index contributed by atoms with van der Waals surface area (Å²) < 4.78 is 0. The van der Waals surface area contributed by atoms with Crippen LogP contribution in [0.3, 0.4) is 0 Å². The SMILES string of the molecule is C=CC(N)C1C[C@]2(C)CCC[C@H]2[C@@H]2CC=C3C=CC=C[C@@H]3[C@@H]12. The summed E-state index contributed by atoms with van der Waals surface area (Å²) in [4.78, 5) is 0. The van der Waals surface area contributed by atoms with E-state index >= 15 is 0 Å². The molecule has 0 aromatic heterocycles. The lowest BCUT2D eigenvalue weighted by atomic mass is 9.49. The van der Waals surface area contributed by atoms with Crippen molar-refractivity contribution in [2.24, 2.45) is 40.7 Å². The first kappa shape index (κ1) is 14.5. The van der Waals surface area contributed by atoms with Gasteiger partial charge in [0, 0.05) is 12.0 Å². The van der Waals surface area contributed by atoms with Gasteiger partial charge in [-0.3, -0.25) is 0 Å². The van der Waals surface area contributed by atoms with Crippen molar-refractivity contribution in [2.75, 3.05) is 0 Å². The van der Waals surface area contributed by atoms with Crippen molar-refractivity contribution in [2.45, 2.75) is 45.1 Å². The van der Waals surface area contributed by atoms with Gasteiger partial charge in [-0.1, -0.05) is 49.8 Å². The van der Waals surface area contributed by atoms with Crippen molar-refractivity contribution in [3.63, 3.8) is 0 Å². The summed E-state index contributed by atoms with van der Waals surface area (Å²) >= 11 is 0.